The molecule has 0 aliphatic heterocycles. The molecule has 0 aliphatic carbocycles. The molecule has 0 fully saturated rings. The van der Waals surface area contributed by atoms with E-state index in [2.05, 4.69) is 26.0 Å². The Morgan fingerprint density at radius 3 is 2.00 bits per heavy atom. The Labute approximate surface area is 197 Å². The largest absolute Gasteiger partial charge is 0.478 e. The molecule has 0 radical (unpaired) electrons. The molecule has 3 heteroatoms. The molecule has 1 unspecified atom stereocenters. The maximum absolute atomic E-state index is 11.7. The van der Waals surface area contributed by atoms with E-state index < -0.39 is 5.97 Å². The van der Waals surface area contributed by atoms with Gasteiger partial charge in [0.05, 0.1) is 12.7 Å². The molecule has 0 aliphatic rings. The molecule has 32 heavy (non-hydrogen) atoms. The smallest absolute Gasteiger partial charge is 0.331 e. The standard InChI is InChI=1S/C29H48O3/c1-3-5-7-9-10-11-12-13-18-22-28(32-25-26-19-15-14-16-20-26)24-23-27(29(30)31)21-17-8-6-4-2/h14-16,19-20,23,28H,3-13,17-18,21-22,24-25H2,1-2H3,(H,30,31)/b27-23+. The fourth-order valence-electron chi connectivity index (χ4n) is 4.05. The predicted molar refractivity (Wildman–Crippen MR) is 136 cm³/mol. The quantitative estimate of drug-likeness (QED) is 0.152. The van der Waals surface area contributed by atoms with Crippen molar-refractivity contribution in [2.75, 3.05) is 0 Å². The van der Waals surface area contributed by atoms with Crippen LogP contribution in [0, 0.1) is 0 Å². The van der Waals surface area contributed by atoms with E-state index in [0.29, 0.717) is 25.0 Å². The van der Waals surface area contributed by atoms with Crippen LogP contribution >= 0.6 is 0 Å². The zero-order valence-corrected chi connectivity index (χ0v) is 20.8. The zero-order chi connectivity index (χ0) is 23.3. The summed E-state index contributed by atoms with van der Waals surface area (Å²) in [6.45, 7) is 5.03. The van der Waals surface area contributed by atoms with Crippen LogP contribution in [0.3, 0.4) is 0 Å². The summed E-state index contributed by atoms with van der Waals surface area (Å²) in [7, 11) is 0. The minimum absolute atomic E-state index is 0.0877. The summed E-state index contributed by atoms with van der Waals surface area (Å²) in [5, 5.41) is 9.59. The highest BCUT2D eigenvalue weighted by molar-refractivity contribution is 5.86. The van der Waals surface area contributed by atoms with Gasteiger partial charge in [-0.15, -0.1) is 0 Å². The van der Waals surface area contributed by atoms with Crippen molar-refractivity contribution in [2.45, 2.75) is 129 Å². The van der Waals surface area contributed by atoms with Crippen LogP contribution in [0.25, 0.3) is 0 Å². The number of carbonyl (C=O) groups is 1. The minimum Gasteiger partial charge on any atom is -0.478 e. The SMILES string of the molecule is CCCCCCCCCCCC(C/C=C(\CCCCCC)C(=O)O)OCc1ccccc1. The van der Waals surface area contributed by atoms with Gasteiger partial charge < -0.3 is 9.84 Å². The molecule has 0 bridgehead atoms. The van der Waals surface area contributed by atoms with Crippen molar-refractivity contribution in [3.63, 3.8) is 0 Å². The van der Waals surface area contributed by atoms with E-state index in [4.69, 9.17) is 4.74 Å². The molecule has 0 spiro atoms. The van der Waals surface area contributed by atoms with Crippen LogP contribution in [0.4, 0.5) is 0 Å². The van der Waals surface area contributed by atoms with Crippen molar-refractivity contribution in [3.8, 4) is 0 Å². The number of benzene rings is 1. The Bertz CT molecular complexity index is 594. The summed E-state index contributed by atoms with van der Waals surface area (Å²) in [5.74, 6) is -0.772. The Morgan fingerprint density at radius 1 is 0.844 bits per heavy atom. The van der Waals surface area contributed by atoms with Crippen molar-refractivity contribution >= 4 is 5.97 Å². The highest BCUT2D eigenvalue weighted by Gasteiger charge is 2.12. The van der Waals surface area contributed by atoms with Crippen molar-refractivity contribution in [3.05, 3.63) is 47.5 Å². The molecule has 182 valence electrons. The second kappa shape index (κ2) is 20.0. The van der Waals surface area contributed by atoms with E-state index in [-0.39, 0.29) is 6.10 Å². The highest BCUT2D eigenvalue weighted by Crippen LogP contribution is 2.18. The summed E-state index contributed by atoms with van der Waals surface area (Å²) in [6.07, 6.45) is 20.6. The van der Waals surface area contributed by atoms with Gasteiger partial charge in [0, 0.05) is 5.57 Å². The second-order valence-electron chi connectivity index (χ2n) is 9.12. The molecule has 1 atom stereocenters. The van der Waals surface area contributed by atoms with Crippen LogP contribution in [0.5, 0.6) is 0 Å². The van der Waals surface area contributed by atoms with Gasteiger partial charge in [-0.25, -0.2) is 4.79 Å². The van der Waals surface area contributed by atoms with E-state index in [1.165, 1.54) is 69.8 Å². The van der Waals surface area contributed by atoms with Gasteiger partial charge in [-0.1, -0.05) is 127 Å². The summed E-state index contributed by atoms with van der Waals surface area (Å²) in [4.78, 5) is 11.7. The topological polar surface area (TPSA) is 46.5 Å². The van der Waals surface area contributed by atoms with E-state index in [1.54, 1.807) is 0 Å². The lowest BCUT2D eigenvalue weighted by molar-refractivity contribution is -0.132. The van der Waals surface area contributed by atoms with Crippen molar-refractivity contribution in [2.24, 2.45) is 0 Å². The Kier molecular flexibility index (Phi) is 17.8. The van der Waals surface area contributed by atoms with Gasteiger partial charge in [0.15, 0.2) is 0 Å². The van der Waals surface area contributed by atoms with E-state index in [9.17, 15) is 9.90 Å². The second-order valence-corrected chi connectivity index (χ2v) is 9.12. The molecule has 3 nitrogen and oxygen atoms in total. The molecule has 0 saturated carbocycles. The number of hydrogen-bond acceptors (Lipinski definition) is 2. The minimum atomic E-state index is -0.772. The van der Waals surface area contributed by atoms with E-state index >= 15 is 0 Å². The molecule has 0 aromatic heterocycles. The van der Waals surface area contributed by atoms with Gasteiger partial charge in [0.25, 0.3) is 0 Å². The molecule has 1 rings (SSSR count). The van der Waals surface area contributed by atoms with Gasteiger partial charge in [0.2, 0.25) is 0 Å². The summed E-state index contributed by atoms with van der Waals surface area (Å²) in [6, 6.07) is 10.3. The lowest BCUT2D eigenvalue weighted by atomic mass is 10.0. The van der Waals surface area contributed by atoms with Crippen molar-refractivity contribution in [1.82, 2.24) is 0 Å². The van der Waals surface area contributed by atoms with Crippen LogP contribution in [-0.4, -0.2) is 17.2 Å². The summed E-state index contributed by atoms with van der Waals surface area (Å²) in [5.41, 5.74) is 1.73. The molecular formula is C29H48O3. The first-order chi connectivity index (χ1) is 15.7. The first-order valence-corrected chi connectivity index (χ1v) is 13.2. The van der Waals surface area contributed by atoms with Gasteiger partial charge in [-0.3, -0.25) is 0 Å². The number of aliphatic carboxylic acids is 1. The van der Waals surface area contributed by atoms with E-state index in [1.807, 2.05) is 24.3 Å². The number of hydrogen-bond donors (Lipinski definition) is 1. The Morgan fingerprint density at radius 2 is 1.41 bits per heavy atom. The molecule has 1 aromatic carbocycles. The number of rotatable bonds is 21. The van der Waals surface area contributed by atoms with Crippen LogP contribution in [0.2, 0.25) is 0 Å². The summed E-state index contributed by atoms with van der Waals surface area (Å²) < 4.78 is 6.24. The molecule has 0 amide bonds. The molecule has 1 N–H and O–H groups in total. The van der Waals surface area contributed by atoms with Gasteiger partial charge in [-0.05, 0) is 31.2 Å². The normalized spacial score (nSPS) is 12.8. The molecule has 1 aromatic rings. The molecule has 0 saturated heterocycles. The maximum Gasteiger partial charge on any atom is 0.331 e. The number of carboxylic acids is 1. The third-order valence-corrected chi connectivity index (χ3v) is 6.16. The van der Waals surface area contributed by atoms with Crippen molar-refractivity contribution < 1.29 is 14.6 Å². The third kappa shape index (κ3) is 15.2. The lowest BCUT2D eigenvalue weighted by Gasteiger charge is -2.17. The van der Waals surface area contributed by atoms with Crippen LogP contribution in [-0.2, 0) is 16.1 Å². The summed E-state index contributed by atoms with van der Waals surface area (Å²) >= 11 is 0. The molecule has 0 heterocycles. The predicted octanol–water partition coefficient (Wildman–Crippen LogP) is 8.86. The Balaban J connectivity index is 2.47. The number of unbranched alkanes of at least 4 members (excludes halogenated alkanes) is 11. The average Bonchev–Trinajstić information content (AvgIpc) is 2.80. The lowest BCUT2D eigenvalue weighted by Crippen LogP contribution is -2.13. The highest BCUT2D eigenvalue weighted by atomic mass is 16.5. The molecular weight excluding hydrogens is 396 g/mol. The van der Waals surface area contributed by atoms with Crippen molar-refractivity contribution in [1.29, 1.82) is 0 Å². The van der Waals surface area contributed by atoms with Crippen LogP contribution < -0.4 is 0 Å². The number of carboxylic acid groups (broad SMARTS) is 1. The fourth-order valence-corrected chi connectivity index (χ4v) is 4.05. The van der Waals surface area contributed by atoms with Crippen LogP contribution in [0.15, 0.2) is 42.0 Å². The van der Waals surface area contributed by atoms with E-state index in [0.717, 1.165) is 25.7 Å². The maximum atomic E-state index is 11.7. The monoisotopic (exact) mass is 444 g/mol. The Hall–Kier alpha value is -1.61. The number of ether oxygens (including phenoxy) is 1. The fraction of sp³-hybridized carbons (Fsp3) is 0.690. The zero-order valence-electron chi connectivity index (χ0n) is 20.8. The van der Waals surface area contributed by atoms with Gasteiger partial charge in [0.1, 0.15) is 0 Å². The van der Waals surface area contributed by atoms with Crippen LogP contribution in [0.1, 0.15) is 122 Å². The first-order valence-electron chi connectivity index (χ1n) is 13.2. The van der Waals surface area contributed by atoms with Gasteiger partial charge in [-0.2, -0.15) is 0 Å². The third-order valence-electron chi connectivity index (χ3n) is 6.16. The van der Waals surface area contributed by atoms with Gasteiger partial charge >= 0.3 is 5.97 Å². The average molecular weight is 445 g/mol. The first kappa shape index (κ1) is 28.4.